The van der Waals surface area contributed by atoms with Crippen molar-refractivity contribution >= 4 is 27.3 Å². The summed E-state index contributed by atoms with van der Waals surface area (Å²) < 4.78 is 7.10. The lowest BCUT2D eigenvalue weighted by Crippen LogP contribution is -2.16. The number of benzene rings is 1. The first-order chi connectivity index (χ1) is 9.72. The van der Waals surface area contributed by atoms with Crippen LogP contribution in [-0.2, 0) is 13.2 Å². The molecule has 1 aliphatic carbocycles. The molecule has 1 aliphatic rings. The Labute approximate surface area is 131 Å². The van der Waals surface area contributed by atoms with Crippen molar-refractivity contribution in [1.82, 2.24) is 10.3 Å². The van der Waals surface area contributed by atoms with Gasteiger partial charge in [0.05, 0.1) is 11.2 Å². The molecule has 0 spiro atoms. The van der Waals surface area contributed by atoms with E-state index in [9.17, 15) is 0 Å². The Kier molecular flexibility index (Phi) is 4.38. The van der Waals surface area contributed by atoms with Gasteiger partial charge in [0.15, 0.2) is 0 Å². The highest BCUT2D eigenvalue weighted by Crippen LogP contribution is 2.30. The number of hydrogen-bond acceptors (Lipinski definition) is 4. The zero-order valence-corrected chi connectivity index (χ0v) is 13.8. The normalized spacial score (nSPS) is 14.5. The van der Waals surface area contributed by atoms with Crippen LogP contribution in [0, 0.1) is 6.92 Å². The summed E-state index contributed by atoms with van der Waals surface area (Å²) in [6.07, 6.45) is 2.59. The first-order valence-electron chi connectivity index (χ1n) is 6.74. The van der Waals surface area contributed by atoms with Crippen LogP contribution in [0.2, 0.25) is 0 Å². The highest BCUT2D eigenvalue weighted by atomic mass is 79.9. The first kappa shape index (κ1) is 14.0. The second kappa shape index (κ2) is 6.24. The smallest absolute Gasteiger partial charge is 0.131 e. The molecule has 0 bridgehead atoms. The molecule has 2 aromatic rings. The molecule has 1 aromatic heterocycles. The van der Waals surface area contributed by atoms with E-state index >= 15 is 0 Å². The average molecular weight is 353 g/mol. The van der Waals surface area contributed by atoms with Crippen molar-refractivity contribution in [1.29, 1.82) is 0 Å². The van der Waals surface area contributed by atoms with Gasteiger partial charge in [0.2, 0.25) is 0 Å². The fourth-order valence-corrected chi connectivity index (χ4v) is 3.30. The minimum Gasteiger partial charge on any atom is -0.487 e. The molecule has 106 valence electrons. The van der Waals surface area contributed by atoms with Crippen LogP contribution in [0.5, 0.6) is 5.75 Å². The van der Waals surface area contributed by atoms with E-state index in [2.05, 4.69) is 45.3 Å². The van der Waals surface area contributed by atoms with E-state index in [1.807, 2.05) is 10.9 Å². The highest BCUT2D eigenvalue weighted by molar-refractivity contribution is 9.10. The second-order valence-corrected chi connectivity index (χ2v) is 6.77. The Morgan fingerprint density at radius 2 is 2.30 bits per heavy atom. The lowest BCUT2D eigenvalue weighted by Gasteiger charge is -2.15. The zero-order valence-electron chi connectivity index (χ0n) is 11.4. The van der Waals surface area contributed by atoms with Crippen LogP contribution in [0.15, 0.2) is 27.5 Å². The minimum absolute atomic E-state index is 0.530. The number of thiazole rings is 1. The standard InChI is InChI=1S/C15H17BrN2OS/c1-10-4-12(16)5-11(6-17-13-2-3-13)15(10)19-7-14-8-20-9-18-14/h4-5,8-9,13,17H,2-3,6-7H2,1H3. The van der Waals surface area contributed by atoms with Crippen molar-refractivity contribution in [2.24, 2.45) is 0 Å². The lowest BCUT2D eigenvalue weighted by molar-refractivity contribution is 0.296. The summed E-state index contributed by atoms with van der Waals surface area (Å²) in [5.74, 6) is 0.981. The molecule has 20 heavy (non-hydrogen) atoms. The molecule has 3 rings (SSSR count). The van der Waals surface area contributed by atoms with E-state index in [-0.39, 0.29) is 0 Å². The molecule has 0 unspecified atom stereocenters. The quantitative estimate of drug-likeness (QED) is 0.851. The molecule has 0 amide bonds. The Bertz CT molecular complexity index is 582. The SMILES string of the molecule is Cc1cc(Br)cc(CNC2CC2)c1OCc1cscn1. The average Bonchev–Trinajstić information content (AvgIpc) is 3.10. The van der Waals surface area contributed by atoms with Crippen LogP contribution in [0.25, 0.3) is 0 Å². The summed E-state index contributed by atoms with van der Waals surface area (Å²) in [6.45, 7) is 3.47. The lowest BCUT2D eigenvalue weighted by atomic mass is 10.1. The number of nitrogens with zero attached hydrogens (tertiary/aromatic N) is 1. The van der Waals surface area contributed by atoms with Gasteiger partial charge < -0.3 is 10.1 Å². The van der Waals surface area contributed by atoms with Gasteiger partial charge in [-0.05, 0) is 37.5 Å². The number of ether oxygens (including phenoxy) is 1. The third-order valence-electron chi connectivity index (χ3n) is 3.32. The predicted octanol–water partition coefficient (Wildman–Crippen LogP) is 4.05. The van der Waals surface area contributed by atoms with Crippen LogP contribution in [0.3, 0.4) is 0 Å². The summed E-state index contributed by atoms with van der Waals surface area (Å²) in [4.78, 5) is 4.26. The van der Waals surface area contributed by atoms with Crippen LogP contribution in [0.4, 0.5) is 0 Å². The molecule has 1 heterocycles. The van der Waals surface area contributed by atoms with Crippen LogP contribution < -0.4 is 10.1 Å². The van der Waals surface area contributed by atoms with Gasteiger partial charge in [-0.2, -0.15) is 0 Å². The van der Waals surface area contributed by atoms with Gasteiger partial charge in [0.25, 0.3) is 0 Å². The maximum atomic E-state index is 6.00. The molecule has 1 saturated carbocycles. The van der Waals surface area contributed by atoms with Crippen molar-refractivity contribution in [2.75, 3.05) is 0 Å². The van der Waals surface area contributed by atoms with E-state index in [4.69, 9.17) is 4.74 Å². The van der Waals surface area contributed by atoms with Crippen LogP contribution >= 0.6 is 27.3 Å². The Balaban J connectivity index is 1.75. The third kappa shape index (κ3) is 3.59. The summed E-state index contributed by atoms with van der Waals surface area (Å²) >= 11 is 5.16. The molecule has 0 atom stereocenters. The van der Waals surface area contributed by atoms with E-state index in [0.717, 1.165) is 28.0 Å². The van der Waals surface area contributed by atoms with Gasteiger partial charge in [-0.1, -0.05) is 15.9 Å². The van der Waals surface area contributed by atoms with Crippen molar-refractivity contribution in [3.63, 3.8) is 0 Å². The van der Waals surface area contributed by atoms with Gasteiger partial charge in [0.1, 0.15) is 12.4 Å². The molecular formula is C15H17BrN2OS. The molecule has 5 heteroatoms. The van der Waals surface area contributed by atoms with Gasteiger partial charge in [0, 0.05) is 28.0 Å². The molecular weight excluding hydrogens is 336 g/mol. The molecule has 1 fully saturated rings. The molecule has 0 radical (unpaired) electrons. The van der Waals surface area contributed by atoms with Crippen LogP contribution in [0.1, 0.15) is 29.7 Å². The number of nitrogens with one attached hydrogen (secondary N) is 1. The Morgan fingerprint density at radius 3 is 3.00 bits per heavy atom. The summed E-state index contributed by atoms with van der Waals surface area (Å²) in [5, 5.41) is 5.57. The summed E-state index contributed by atoms with van der Waals surface area (Å²) in [5.41, 5.74) is 5.18. The maximum absolute atomic E-state index is 6.00. The molecule has 0 aliphatic heterocycles. The number of hydrogen-bond donors (Lipinski definition) is 1. The van der Waals surface area contributed by atoms with Crippen molar-refractivity contribution in [3.8, 4) is 5.75 Å². The van der Waals surface area contributed by atoms with Gasteiger partial charge >= 0.3 is 0 Å². The van der Waals surface area contributed by atoms with E-state index in [1.165, 1.54) is 18.4 Å². The van der Waals surface area contributed by atoms with Gasteiger partial charge in [-0.25, -0.2) is 4.98 Å². The Morgan fingerprint density at radius 1 is 1.45 bits per heavy atom. The number of rotatable bonds is 6. The topological polar surface area (TPSA) is 34.1 Å². The minimum atomic E-state index is 0.530. The Hall–Kier alpha value is -0.910. The highest BCUT2D eigenvalue weighted by Gasteiger charge is 2.21. The zero-order chi connectivity index (χ0) is 13.9. The monoisotopic (exact) mass is 352 g/mol. The largest absolute Gasteiger partial charge is 0.487 e. The molecule has 1 aromatic carbocycles. The van der Waals surface area contributed by atoms with E-state index in [0.29, 0.717) is 12.6 Å². The third-order valence-corrected chi connectivity index (χ3v) is 4.42. The van der Waals surface area contributed by atoms with Crippen molar-refractivity contribution < 1.29 is 4.74 Å². The number of halogens is 1. The van der Waals surface area contributed by atoms with Crippen LogP contribution in [-0.4, -0.2) is 11.0 Å². The predicted molar refractivity (Wildman–Crippen MR) is 85.2 cm³/mol. The summed E-state index contributed by atoms with van der Waals surface area (Å²) in [7, 11) is 0. The van der Waals surface area contributed by atoms with E-state index < -0.39 is 0 Å². The van der Waals surface area contributed by atoms with Gasteiger partial charge in [-0.3, -0.25) is 0 Å². The maximum Gasteiger partial charge on any atom is 0.131 e. The van der Waals surface area contributed by atoms with Crippen molar-refractivity contribution in [2.45, 2.75) is 39.0 Å². The van der Waals surface area contributed by atoms with E-state index in [1.54, 1.807) is 11.3 Å². The van der Waals surface area contributed by atoms with Crippen molar-refractivity contribution in [3.05, 3.63) is 44.3 Å². The van der Waals surface area contributed by atoms with Gasteiger partial charge in [-0.15, -0.1) is 11.3 Å². The molecule has 0 saturated heterocycles. The molecule has 1 N–H and O–H groups in total. The molecule has 3 nitrogen and oxygen atoms in total. The second-order valence-electron chi connectivity index (χ2n) is 5.13. The number of aryl methyl sites for hydroxylation is 1. The summed E-state index contributed by atoms with van der Waals surface area (Å²) in [6, 6.07) is 4.93. The fraction of sp³-hybridized carbons (Fsp3) is 0.400. The number of aromatic nitrogens is 1. The fourth-order valence-electron chi connectivity index (χ4n) is 2.13. The first-order valence-corrected chi connectivity index (χ1v) is 8.48.